The number of aromatic amines is 1. The summed E-state index contributed by atoms with van der Waals surface area (Å²) in [6, 6.07) is 6.30. The van der Waals surface area contributed by atoms with Crippen LogP contribution >= 0.6 is 11.8 Å². The van der Waals surface area contributed by atoms with Crippen LogP contribution < -0.4 is 5.69 Å². The molecule has 17 heavy (non-hydrogen) atoms. The lowest BCUT2D eigenvalue weighted by atomic mass is 10.2. The molecule has 0 aliphatic heterocycles. The molecule has 0 saturated carbocycles. The van der Waals surface area contributed by atoms with E-state index in [1.807, 2.05) is 6.92 Å². The van der Waals surface area contributed by atoms with E-state index in [0.717, 1.165) is 5.56 Å². The Kier molecular flexibility index (Phi) is 3.63. The molecule has 0 spiro atoms. The molecular formula is C11H12FN3OS. The Balaban J connectivity index is 2.07. The minimum absolute atomic E-state index is 0.200. The average molecular weight is 253 g/mol. The maximum absolute atomic E-state index is 12.7. The zero-order chi connectivity index (χ0) is 12.3. The summed E-state index contributed by atoms with van der Waals surface area (Å²) in [5.74, 6) is 0.411. The van der Waals surface area contributed by atoms with Gasteiger partial charge in [0.15, 0.2) is 5.16 Å². The van der Waals surface area contributed by atoms with Gasteiger partial charge < -0.3 is 0 Å². The van der Waals surface area contributed by atoms with Crippen molar-refractivity contribution in [3.05, 3.63) is 46.1 Å². The molecular weight excluding hydrogens is 241 g/mol. The van der Waals surface area contributed by atoms with Gasteiger partial charge in [0.05, 0.1) is 0 Å². The van der Waals surface area contributed by atoms with E-state index in [-0.39, 0.29) is 11.5 Å². The number of H-pyrrole nitrogens is 1. The van der Waals surface area contributed by atoms with Crippen molar-refractivity contribution >= 4 is 11.8 Å². The van der Waals surface area contributed by atoms with Crippen LogP contribution in [0.3, 0.4) is 0 Å². The molecule has 1 heterocycles. The zero-order valence-electron chi connectivity index (χ0n) is 9.31. The van der Waals surface area contributed by atoms with E-state index in [4.69, 9.17) is 0 Å². The summed E-state index contributed by atoms with van der Waals surface area (Å²) in [5.41, 5.74) is 0.795. The van der Waals surface area contributed by atoms with Crippen LogP contribution in [0.1, 0.15) is 12.5 Å². The van der Waals surface area contributed by atoms with Crippen molar-refractivity contribution in [2.45, 2.75) is 24.4 Å². The summed E-state index contributed by atoms with van der Waals surface area (Å²) < 4.78 is 14.3. The maximum Gasteiger partial charge on any atom is 0.343 e. The van der Waals surface area contributed by atoms with Gasteiger partial charge in [0.25, 0.3) is 0 Å². The summed E-state index contributed by atoms with van der Waals surface area (Å²) in [7, 11) is 0. The predicted octanol–water partition coefficient (Wildman–Crippen LogP) is 2.02. The highest BCUT2D eigenvalue weighted by Gasteiger charge is 2.06. The molecule has 1 aromatic heterocycles. The monoisotopic (exact) mass is 253 g/mol. The molecule has 0 saturated heterocycles. The second-order valence-electron chi connectivity index (χ2n) is 3.47. The molecule has 0 unspecified atom stereocenters. The molecule has 0 fully saturated rings. The molecule has 2 aromatic rings. The van der Waals surface area contributed by atoms with Crippen molar-refractivity contribution in [3.8, 4) is 0 Å². The summed E-state index contributed by atoms with van der Waals surface area (Å²) in [5, 5.41) is 7.00. The zero-order valence-corrected chi connectivity index (χ0v) is 10.1. The number of hydrogen-bond acceptors (Lipinski definition) is 3. The van der Waals surface area contributed by atoms with Crippen LogP contribution in [0.25, 0.3) is 0 Å². The Bertz CT molecular complexity index is 547. The lowest BCUT2D eigenvalue weighted by molar-refractivity contribution is 0.627. The number of thioether (sulfide) groups is 1. The Morgan fingerprint density at radius 3 is 2.76 bits per heavy atom. The van der Waals surface area contributed by atoms with Gasteiger partial charge in [-0.05, 0) is 24.6 Å². The first-order chi connectivity index (χ1) is 8.20. The largest absolute Gasteiger partial charge is 0.343 e. The van der Waals surface area contributed by atoms with Crippen molar-refractivity contribution in [2.75, 3.05) is 0 Å². The van der Waals surface area contributed by atoms with Gasteiger partial charge in [0.2, 0.25) is 0 Å². The standard InChI is InChI=1S/C11H12FN3OS/c1-2-15-10(16)13-14-11(15)17-7-8-3-5-9(12)6-4-8/h3-6H,2,7H2,1H3,(H,13,16). The second-order valence-corrected chi connectivity index (χ2v) is 4.41. The number of nitrogens with one attached hydrogen (secondary N) is 1. The molecule has 6 heteroatoms. The van der Waals surface area contributed by atoms with Gasteiger partial charge in [-0.25, -0.2) is 14.3 Å². The quantitative estimate of drug-likeness (QED) is 0.848. The molecule has 0 aliphatic rings. The number of rotatable bonds is 4. The second kappa shape index (κ2) is 5.18. The number of benzene rings is 1. The predicted molar refractivity (Wildman–Crippen MR) is 64.5 cm³/mol. The topological polar surface area (TPSA) is 50.7 Å². The highest BCUT2D eigenvalue weighted by molar-refractivity contribution is 7.98. The fraction of sp³-hybridized carbons (Fsp3) is 0.273. The first-order valence-corrected chi connectivity index (χ1v) is 6.21. The normalized spacial score (nSPS) is 10.7. The maximum atomic E-state index is 12.7. The van der Waals surface area contributed by atoms with Gasteiger partial charge >= 0.3 is 5.69 Å². The van der Waals surface area contributed by atoms with Crippen molar-refractivity contribution < 1.29 is 4.39 Å². The Hall–Kier alpha value is -1.56. The van der Waals surface area contributed by atoms with Crippen LogP contribution in [0.15, 0.2) is 34.2 Å². The highest BCUT2D eigenvalue weighted by atomic mass is 32.2. The molecule has 90 valence electrons. The molecule has 4 nitrogen and oxygen atoms in total. The molecule has 1 N–H and O–H groups in total. The van der Waals surface area contributed by atoms with Crippen molar-refractivity contribution in [1.82, 2.24) is 14.8 Å². The molecule has 1 aromatic carbocycles. The van der Waals surface area contributed by atoms with Crippen LogP contribution in [-0.2, 0) is 12.3 Å². The van der Waals surface area contributed by atoms with Crippen LogP contribution in [0.5, 0.6) is 0 Å². The van der Waals surface area contributed by atoms with E-state index >= 15 is 0 Å². The number of halogens is 1. The van der Waals surface area contributed by atoms with Crippen molar-refractivity contribution in [3.63, 3.8) is 0 Å². The first kappa shape index (κ1) is 11.9. The number of aromatic nitrogens is 3. The Morgan fingerprint density at radius 2 is 2.12 bits per heavy atom. The van der Waals surface area contributed by atoms with Crippen molar-refractivity contribution in [2.24, 2.45) is 0 Å². The van der Waals surface area contributed by atoms with E-state index in [9.17, 15) is 9.18 Å². The lowest BCUT2D eigenvalue weighted by Crippen LogP contribution is -2.16. The summed E-state index contributed by atoms with van der Waals surface area (Å²) in [6.45, 7) is 2.47. The van der Waals surface area contributed by atoms with E-state index in [1.54, 1.807) is 16.7 Å². The Labute approximate surface area is 102 Å². The number of hydrogen-bond donors (Lipinski definition) is 1. The van der Waals surface area contributed by atoms with Gasteiger partial charge in [0.1, 0.15) is 5.82 Å². The molecule has 0 atom stereocenters. The van der Waals surface area contributed by atoms with E-state index in [2.05, 4.69) is 10.2 Å². The van der Waals surface area contributed by atoms with Gasteiger partial charge in [-0.2, -0.15) is 0 Å². The molecule has 2 rings (SSSR count). The summed E-state index contributed by atoms with van der Waals surface area (Å²) in [4.78, 5) is 11.3. The average Bonchev–Trinajstić information content (AvgIpc) is 2.69. The fourth-order valence-electron chi connectivity index (χ4n) is 1.42. The van der Waals surface area contributed by atoms with Crippen LogP contribution in [0.2, 0.25) is 0 Å². The summed E-state index contributed by atoms with van der Waals surface area (Å²) >= 11 is 1.45. The number of nitrogens with zero attached hydrogens (tertiary/aromatic N) is 2. The van der Waals surface area contributed by atoms with Gasteiger partial charge in [0, 0.05) is 12.3 Å². The van der Waals surface area contributed by atoms with E-state index in [1.165, 1.54) is 23.9 Å². The van der Waals surface area contributed by atoms with Gasteiger partial charge in [-0.3, -0.25) is 4.57 Å². The van der Waals surface area contributed by atoms with Crippen LogP contribution in [-0.4, -0.2) is 14.8 Å². The van der Waals surface area contributed by atoms with E-state index in [0.29, 0.717) is 17.5 Å². The fourth-order valence-corrected chi connectivity index (χ4v) is 2.39. The molecule has 0 aliphatic carbocycles. The summed E-state index contributed by atoms with van der Waals surface area (Å²) in [6.07, 6.45) is 0. The molecule has 0 bridgehead atoms. The minimum Gasteiger partial charge on any atom is -0.270 e. The SMILES string of the molecule is CCn1c(SCc2ccc(F)cc2)n[nH]c1=O. The van der Waals surface area contributed by atoms with Gasteiger partial charge in [-0.1, -0.05) is 23.9 Å². The third kappa shape index (κ3) is 2.76. The van der Waals surface area contributed by atoms with Crippen molar-refractivity contribution in [1.29, 1.82) is 0 Å². The highest BCUT2D eigenvalue weighted by Crippen LogP contribution is 2.19. The Morgan fingerprint density at radius 1 is 1.41 bits per heavy atom. The van der Waals surface area contributed by atoms with Crippen LogP contribution in [0, 0.1) is 5.82 Å². The molecule has 0 amide bonds. The molecule has 0 radical (unpaired) electrons. The minimum atomic E-state index is -0.246. The lowest BCUT2D eigenvalue weighted by Gasteiger charge is -2.02. The first-order valence-electron chi connectivity index (χ1n) is 5.23. The van der Waals surface area contributed by atoms with E-state index < -0.39 is 0 Å². The third-order valence-electron chi connectivity index (χ3n) is 2.32. The van der Waals surface area contributed by atoms with Crippen LogP contribution in [0.4, 0.5) is 4.39 Å². The third-order valence-corrected chi connectivity index (χ3v) is 3.37. The smallest absolute Gasteiger partial charge is 0.270 e. The van der Waals surface area contributed by atoms with Gasteiger partial charge in [-0.15, -0.1) is 5.10 Å².